The fourth-order valence-electron chi connectivity index (χ4n) is 3.67. The van der Waals surface area contributed by atoms with Gasteiger partial charge in [0.25, 0.3) is 0 Å². The van der Waals surface area contributed by atoms with Gasteiger partial charge in [-0.1, -0.05) is 6.42 Å². The lowest BCUT2D eigenvalue weighted by Crippen LogP contribution is -2.35. The molecule has 1 aromatic rings. The third-order valence-corrected chi connectivity index (χ3v) is 5.22. The molecule has 0 bridgehead atoms. The number of H-pyrrole nitrogens is 1. The Bertz CT molecular complexity index is 625. The Hall–Kier alpha value is -1.89. The maximum absolute atomic E-state index is 12.5. The third-order valence-electron chi connectivity index (χ3n) is 5.22. The fourth-order valence-corrected chi connectivity index (χ4v) is 3.67. The molecule has 138 valence electrons. The molecule has 0 radical (unpaired) electrons. The van der Waals surface area contributed by atoms with Gasteiger partial charge in [-0.25, -0.2) is 0 Å². The Morgan fingerprint density at radius 2 is 2.12 bits per heavy atom. The molecule has 0 unspecified atom stereocenters. The quantitative estimate of drug-likeness (QED) is 0.743. The van der Waals surface area contributed by atoms with Crippen LogP contribution in [-0.2, 0) is 29.0 Å². The van der Waals surface area contributed by atoms with Crippen molar-refractivity contribution in [2.24, 2.45) is 5.92 Å². The van der Waals surface area contributed by atoms with E-state index in [1.54, 1.807) is 4.90 Å². The predicted molar refractivity (Wildman–Crippen MR) is 94.9 cm³/mol. The minimum absolute atomic E-state index is 0.0360. The van der Waals surface area contributed by atoms with Crippen LogP contribution in [0.5, 0.6) is 0 Å². The molecule has 0 aromatic carbocycles. The van der Waals surface area contributed by atoms with Gasteiger partial charge < -0.3 is 15.1 Å². The van der Waals surface area contributed by atoms with Crippen LogP contribution >= 0.6 is 0 Å². The molecule has 25 heavy (non-hydrogen) atoms. The van der Waals surface area contributed by atoms with Crippen molar-refractivity contribution in [2.45, 2.75) is 45.1 Å². The highest BCUT2D eigenvalue weighted by molar-refractivity contribution is 5.89. The maximum atomic E-state index is 12.5. The Morgan fingerprint density at radius 1 is 1.32 bits per heavy atom. The number of hydrogen-bond donors (Lipinski definition) is 2. The standard InChI is InChI=1S/C18H29N5O2/c1-22(2)8-9-23-12-13(10-17(23)24)18(25)19-11-16-14-6-4-3-5-7-15(14)20-21-16/h13H,3-12H2,1-2H3,(H,19,25)(H,20,21)/t13-/m1/s1. The third kappa shape index (κ3) is 4.39. The zero-order valence-electron chi connectivity index (χ0n) is 15.3. The molecule has 7 nitrogen and oxygen atoms in total. The van der Waals surface area contributed by atoms with Crippen LogP contribution in [0.1, 0.15) is 42.6 Å². The number of carbonyl (C=O) groups excluding carboxylic acids is 2. The number of nitrogens with zero attached hydrogens (tertiary/aromatic N) is 3. The summed E-state index contributed by atoms with van der Waals surface area (Å²) in [5.74, 6) is -0.200. The summed E-state index contributed by atoms with van der Waals surface area (Å²) in [5.41, 5.74) is 3.47. The summed E-state index contributed by atoms with van der Waals surface area (Å²) in [6, 6.07) is 0. The number of amides is 2. The van der Waals surface area contributed by atoms with Crippen LogP contribution in [-0.4, -0.2) is 65.5 Å². The second-order valence-corrected chi connectivity index (χ2v) is 7.45. The topological polar surface area (TPSA) is 81.3 Å². The molecular formula is C18H29N5O2. The van der Waals surface area contributed by atoms with Crippen LogP contribution in [0.25, 0.3) is 0 Å². The molecular weight excluding hydrogens is 318 g/mol. The lowest BCUT2D eigenvalue weighted by Gasteiger charge is -2.19. The molecule has 1 saturated heterocycles. The Morgan fingerprint density at radius 3 is 2.92 bits per heavy atom. The minimum Gasteiger partial charge on any atom is -0.350 e. The van der Waals surface area contributed by atoms with E-state index in [1.165, 1.54) is 30.5 Å². The summed E-state index contributed by atoms with van der Waals surface area (Å²) in [6.45, 7) is 2.48. The smallest absolute Gasteiger partial charge is 0.225 e. The second kappa shape index (κ2) is 7.99. The zero-order chi connectivity index (χ0) is 17.8. The maximum Gasteiger partial charge on any atom is 0.225 e. The van der Waals surface area contributed by atoms with E-state index in [-0.39, 0.29) is 17.7 Å². The number of likely N-dealkylation sites (tertiary alicyclic amines) is 1. The monoisotopic (exact) mass is 347 g/mol. The summed E-state index contributed by atoms with van der Waals surface area (Å²) in [5, 5.41) is 10.5. The molecule has 1 aliphatic heterocycles. The van der Waals surface area contributed by atoms with E-state index in [0.29, 0.717) is 26.1 Å². The molecule has 1 fully saturated rings. The first-order valence-corrected chi connectivity index (χ1v) is 9.30. The first kappa shape index (κ1) is 17.9. The molecule has 2 heterocycles. The van der Waals surface area contributed by atoms with Crippen molar-refractivity contribution in [3.05, 3.63) is 17.0 Å². The first-order valence-electron chi connectivity index (χ1n) is 9.30. The fraction of sp³-hybridized carbons (Fsp3) is 0.722. The van der Waals surface area contributed by atoms with Crippen LogP contribution in [0, 0.1) is 5.92 Å². The van der Waals surface area contributed by atoms with E-state index >= 15 is 0 Å². The van der Waals surface area contributed by atoms with E-state index in [4.69, 9.17) is 0 Å². The molecule has 2 aliphatic rings. The summed E-state index contributed by atoms with van der Waals surface area (Å²) in [4.78, 5) is 28.4. The highest BCUT2D eigenvalue weighted by Gasteiger charge is 2.34. The largest absolute Gasteiger partial charge is 0.350 e. The van der Waals surface area contributed by atoms with E-state index in [2.05, 4.69) is 15.5 Å². The van der Waals surface area contributed by atoms with E-state index in [1.807, 2.05) is 19.0 Å². The summed E-state index contributed by atoms with van der Waals surface area (Å²) >= 11 is 0. The lowest BCUT2D eigenvalue weighted by atomic mass is 10.1. The Kier molecular flexibility index (Phi) is 5.73. The average molecular weight is 347 g/mol. The SMILES string of the molecule is CN(C)CCN1C[C@H](C(=O)NCc2n[nH]c3c2CCCCC3)CC1=O. The van der Waals surface area contributed by atoms with E-state index in [0.717, 1.165) is 25.1 Å². The van der Waals surface area contributed by atoms with Crippen molar-refractivity contribution in [1.82, 2.24) is 25.3 Å². The first-order chi connectivity index (χ1) is 12.0. The molecule has 2 amide bonds. The van der Waals surface area contributed by atoms with Gasteiger partial charge in [0, 0.05) is 31.7 Å². The van der Waals surface area contributed by atoms with E-state index in [9.17, 15) is 9.59 Å². The summed E-state index contributed by atoms with van der Waals surface area (Å²) in [7, 11) is 3.97. The number of likely N-dealkylation sites (N-methyl/N-ethyl adjacent to an activating group) is 1. The Labute approximate surface area is 149 Å². The number of aromatic nitrogens is 2. The summed E-state index contributed by atoms with van der Waals surface area (Å²) in [6.07, 6.45) is 6.05. The van der Waals surface area contributed by atoms with Gasteiger partial charge in [-0.3, -0.25) is 14.7 Å². The van der Waals surface area contributed by atoms with Crippen LogP contribution in [0.2, 0.25) is 0 Å². The normalized spacial score (nSPS) is 20.7. The molecule has 1 aromatic heterocycles. The number of carbonyl (C=O) groups is 2. The zero-order valence-corrected chi connectivity index (χ0v) is 15.3. The van der Waals surface area contributed by atoms with Gasteiger partial charge in [-0.15, -0.1) is 0 Å². The van der Waals surface area contributed by atoms with Gasteiger partial charge in [0.15, 0.2) is 0 Å². The van der Waals surface area contributed by atoms with Crippen molar-refractivity contribution < 1.29 is 9.59 Å². The van der Waals surface area contributed by atoms with Gasteiger partial charge in [0.05, 0.1) is 18.2 Å². The van der Waals surface area contributed by atoms with Gasteiger partial charge in [0.2, 0.25) is 11.8 Å². The number of nitrogens with one attached hydrogen (secondary N) is 2. The van der Waals surface area contributed by atoms with Gasteiger partial charge in [-0.05, 0) is 45.3 Å². The molecule has 1 aliphatic carbocycles. The number of rotatable bonds is 6. The van der Waals surface area contributed by atoms with Crippen molar-refractivity contribution in [3.8, 4) is 0 Å². The van der Waals surface area contributed by atoms with Crippen LogP contribution in [0.4, 0.5) is 0 Å². The van der Waals surface area contributed by atoms with E-state index < -0.39 is 0 Å². The van der Waals surface area contributed by atoms with Crippen LogP contribution in [0.15, 0.2) is 0 Å². The van der Waals surface area contributed by atoms with Crippen LogP contribution in [0.3, 0.4) is 0 Å². The van der Waals surface area contributed by atoms with Gasteiger partial charge in [0.1, 0.15) is 0 Å². The average Bonchev–Trinajstić information content (AvgIpc) is 3.06. The number of aromatic amines is 1. The van der Waals surface area contributed by atoms with Crippen molar-refractivity contribution >= 4 is 11.8 Å². The molecule has 1 atom stereocenters. The highest BCUT2D eigenvalue weighted by atomic mass is 16.2. The van der Waals surface area contributed by atoms with Crippen molar-refractivity contribution in [3.63, 3.8) is 0 Å². The second-order valence-electron chi connectivity index (χ2n) is 7.45. The van der Waals surface area contributed by atoms with Crippen molar-refractivity contribution in [1.29, 1.82) is 0 Å². The molecule has 0 spiro atoms. The highest BCUT2D eigenvalue weighted by Crippen LogP contribution is 2.22. The minimum atomic E-state index is -0.243. The van der Waals surface area contributed by atoms with Gasteiger partial charge >= 0.3 is 0 Å². The molecule has 7 heteroatoms. The number of fused-ring (bicyclic) bond motifs is 1. The van der Waals surface area contributed by atoms with Crippen LogP contribution < -0.4 is 5.32 Å². The Balaban J connectivity index is 1.52. The van der Waals surface area contributed by atoms with Gasteiger partial charge in [-0.2, -0.15) is 5.10 Å². The molecule has 0 saturated carbocycles. The molecule has 2 N–H and O–H groups in total. The molecule has 3 rings (SSSR count). The number of aryl methyl sites for hydroxylation is 1. The lowest BCUT2D eigenvalue weighted by molar-refractivity contribution is -0.129. The number of hydrogen-bond acceptors (Lipinski definition) is 4. The predicted octanol–water partition coefficient (Wildman–Crippen LogP) is 0.705. The van der Waals surface area contributed by atoms with Crippen molar-refractivity contribution in [2.75, 3.05) is 33.7 Å². The summed E-state index contributed by atoms with van der Waals surface area (Å²) < 4.78 is 0.